The minimum absolute atomic E-state index is 0.135. The number of aliphatic carboxylic acids is 1. The molecule has 1 aromatic carbocycles. The number of benzene rings is 1. The van der Waals surface area contributed by atoms with Crippen molar-refractivity contribution in [2.45, 2.75) is 13.3 Å². The first-order valence-electron chi connectivity index (χ1n) is 7.11. The van der Waals surface area contributed by atoms with Gasteiger partial charge in [0, 0.05) is 12.3 Å². The molecule has 2 N–H and O–H groups in total. The molecule has 0 fully saturated rings. The van der Waals surface area contributed by atoms with Crippen molar-refractivity contribution in [3.05, 3.63) is 29.8 Å². The molecule has 128 valence electrons. The minimum Gasteiger partial charge on any atom is -0.496 e. The van der Waals surface area contributed by atoms with Gasteiger partial charge in [0.05, 0.1) is 13.0 Å². The zero-order chi connectivity index (χ0) is 17.5. The first-order chi connectivity index (χ1) is 10.8. The summed E-state index contributed by atoms with van der Waals surface area (Å²) in [5.74, 6) is -2.85. The van der Waals surface area contributed by atoms with Gasteiger partial charge in [-0.15, -0.1) is 0 Å². The van der Waals surface area contributed by atoms with Gasteiger partial charge in [0.25, 0.3) is 0 Å². The minimum atomic E-state index is -3.44. The second-order valence-corrected chi connectivity index (χ2v) is 7.38. The van der Waals surface area contributed by atoms with Gasteiger partial charge in [-0.1, -0.05) is 25.1 Å². The molecule has 0 aliphatic heterocycles. The highest BCUT2D eigenvalue weighted by Crippen LogP contribution is 2.20. The molecule has 0 heterocycles. The second kappa shape index (κ2) is 8.52. The van der Waals surface area contributed by atoms with Crippen molar-refractivity contribution in [2.24, 2.45) is 5.92 Å². The molecule has 23 heavy (non-hydrogen) atoms. The third kappa shape index (κ3) is 6.27. The highest BCUT2D eigenvalue weighted by Gasteiger charge is 2.22. The Morgan fingerprint density at radius 1 is 1.30 bits per heavy atom. The lowest BCUT2D eigenvalue weighted by molar-refractivity contribution is -0.141. The van der Waals surface area contributed by atoms with E-state index in [0.29, 0.717) is 11.3 Å². The van der Waals surface area contributed by atoms with Crippen molar-refractivity contribution < 1.29 is 27.9 Å². The van der Waals surface area contributed by atoms with E-state index in [-0.39, 0.29) is 18.7 Å². The highest BCUT2D eigenvalue weighted by molar-refractivity contribution is 7.92. The molecule has 7 nitrogen and oxygen atoms in total. The van der Waals surface area contributed by atoms with Gasteiger partial charge in [-0.3, -0.25) is 9.59 Å². The number of methoxy groups -OCH3 is 1. The van der Waals surface area contributed by atoms with Crippen LogP contribution in [0.15, 0.2) is 24.3 Å². The number of hydrogen-bond donors (Lipinski definition) is 2. The lowest BCUT2D eigenvalue weighted by atomic mass is 9.98. The third-order valence-corrected chi connectivity index (χ3v) is 4.93. The maximum atomic E-state index is 11.6. The Morgan fingerprint density at radius 2 is 1.96 bits per heavy atom. The number of carboxylic acid groups (broad SMARTS) is 1. The van der Waals surface area contributed by atoms with Gasteiger partial charge in [0.15, 0.2) is 9.84 Å². The van der Waals surface area contributed by atoms with E-state index in [1.165, 1.54) is 14.0 Å². The van der Waals surface area contributed by atoms with E-state index in [0.717, 1.165) is 0 Å². The number of carboxylic acids is 1. The van der Waals surface area contributed by atoms with Crippen LogP contribution in [0.2, 0.25) is 0 Å². The van der Waals surface area contributed by atoms with Gasteiger partial charge in [-0.05, 0) is 18.1 Å². The fourth-order valence-electron chi connectivity index (χ4n) is 1.97. The number of carbonyl (C=O) groups is 2. The number of rotatable bonds is 9. The fraction of sp³-hybridized carbons (Fsp3) is 0.467. The third-order valence-electron chi connectivity index (χ3n) is 3.34. The SMILES string of the molecule is CCS(=O)(=O)CC(=O)NCC(Cc1ccccc1OC)C(=O)O. The lowest BCUT2D eigenvalue weighted by Crippen LogP contribution is -2.37. The van der Waals surface area contributed by atoms with Gasteiger partial charge in [0.1, 0.15) is 11.5 Å². The van der Waals surface area contributed by atoms with Crippen LogP contribution in [0.25, 0.3) is 0 Å². The van der Waals surface area contributed by atoms with Crippen molar-refractivity contribution in [1.82, 2.24) is 5.32 Å². The molecular weight excluding hydrogens is 322 g/mol. The number of ether oxygens (including phenoxy) is 1. The fourth-order valence-corrected chi connectivity index (χ4v) is 2.68. The number of nitrogens with one attached hydrogen (secondary N) is 1. The van der Waals surface area contributed by atoms with Crippen LogP contribution in [-0.4, -0.2) is 50.6 Å². The summed E-state index contributed by atoms with van der Waals surface area (Å²) < 4.78 is 27.9. The van der Waals surface area contributed by atoms with Crippen LogP contribution in [-0.2, 0) is 25.8 Å². The summed E-state index contributed by atoms with van der Waals surface area (Å²) in [6.07, 6.45) is 0.167. The van der Waals surface area contributed by atoms with Gasteiger partial charge in [0.2, 0.25) is 5.91 Å². The normalized spacial score (nSPS) is 12.4. The van der Waals surface area contributed by atoms with E-state index >= 15 is 0 Å². The van der Waals surface area contributed by atoms with Crippen molar-refractivity contribution in [2.75, 3.05) is 25.2 Å². The number of carbonyl (C=O) groups excluding carboxylic acids is 1. The van der Waals surface area contributed by atoms with Crippen LogP contribution >= 0.6 is 0 Å². The van der Waals surface area contributed by atoms with E-state index in [2.05, 4.69) is 5.32 Å². The standard InChI is InChI=1S/C15H21NO6S/c1-3-23(20,21)10-14(17)16-9-12(15(18)19)8-11-6-4-5-7-13(11)22-2/h4-7,12H,3,8-10H2,1-2H3,(H,16,17)(H,18,19). The van der Waals surface area contributed by atoms with Gasteiger partial charge in [-0.2, -0.15) is 0 Å². The summed E-state index contributed by atoms with van der Waals surface area (Å²) in [5, 5.41) is 11.7. The highest BCUT2D eigenvalue weighted by atomic mass is 32.2. The van der Waals surface area contributed by atoms with E-state index in [1.54, 1.807) is 24.3 Å². The quantitative estimate of drug-likeness (QED) is 0.675. The number of amides is 1. The summed E-state index contributed by atoms with van der Waals surface area (Å²) in [7, 11) is -1.94. The van der Waals surface area contributed by atoms with Gasteiger partial charge >= 0.3 is 5.97 Å². The Labute approximate surface area is 135 Å². The van der Waals surface area contributed by atoms with Gasteiger partial charge in [-0.25, -0.2) is 8.42 Å². The maximum Gasteiger partial charge on any atom is 0.308 e. The molecule has 1 atom stereocenters. The molecule has 0 saturated carbocycles. The second-order valence-electron chi connectivity index (χ2n) is 5.03. The molecule has 0 spiro atoms. The van der Waals surface area contributed by atoms with E-state index in [1.807, 2.05) is 0 Å². The predicted octanol–water partition coefficient (Wildman–Crippen LogP) is 0.489. The number of sulfone groups is 1. The molecule has 0 saturated heterocycles. The average molecular weight is 343 g/mol. The predicted molar refractivity (Wildman–Crippen MR) is 85.2 cm³/mol. The van der Waals surface area contributed by atoms with Crippen LogP contribution in [0.3, 0.4) is 0 Å². The molecule has 0 bridgehead atoms. The summed E-state index contributed by atoms with van der Waals surface area (Å²) in [6.45, 7) is 1.30. The van der Waals surface area contributed by atoms with E-state index in [4.69, 9.17) is 4.74 Å². The van der Waals surface area contributed by atoms with Crippen LogP contribution in [0.4, 0.5) is 0 Å². The Bertz CT molecular complexity index is 656. The average Bonchev–Trinajstić information content (AvgIpc) is 2.51. The summed E-state index contributed by atoms with van der Waals surface area (Å²) in [4.78, 5) is 23.0. The molecule has 0 aromatic heterocycles. The van der Waals surface area contributed by atoms with Crippen LogP contribution in [0.5, 0.6) is 5.75 Å². The Morgan fingerprint density at radius 3 is 2.52 bits per heavy atom. The molecular formula is C15H21NO6S. The lowest BCUT2D eigenvalue weighted by Gasteiger charge is -2.15. The molecule has 8 heteroatoms. The molecule has 1 aromatic rings. The molecule has 0 aliphatic rings. The van der Waals surface area contributed by atoms with Crippen LogP contribution in [0.1, 0.15) is 12.5 Å². The van der Waals surface area contributed by atoms with Crippen molar-refractivity contribution >= 4 is 21.7 Å². The summed E-state index contributed by atoms with van der Waals surface area (Å²) in [5.41, 5.74) is 0.706. The van der Waals surface area contributed by atoms with E-state index < -0.39 is 33.4 Å². The molecule has 1 amide bonds. The zero-order valence-corrected chi connectivity index (χ0v) is 13.9. The Hall–Kier alpha value is -2.09. The Balaban J connectivity index is 2.70. The smallest absolute Gasteiger partial charge is 0.308 e. The van der Waals surface area contributed by atoms with E-state index in [9.17, 15) is 23.1 Å². The number of para-hydroxylation sites is 1. The van der Waals surface area contributed by atoms with Crippen molar-refractivity contribution in [3.63, 3.8) is 0 Å². The largest absolute Gasteiger partial charge is 0.496 e. The van der Waals surface area contributed by atoms with Crippen molar-refractivity contribution in [3.8, 4) is 5.75 Å². The Kier molecular flexibility index (Phi) is 7.02. The molecule has 1 rings (SSSR count). The van der Waals surface area contributed by atoms with Gasteiger partial charge < -0.3 is 15.2 Å². The van der Waals surface area contributed by atoms with Crippen LogP contribution < -0.4 is 10.1 Å². The molecule has 0 aliphatic carbocycles. The summed E-state index contributed by atoms with van der Waals surface area (Å²) in [6, 6.07) is 7.01. The van der Waals surface area contributed by atoms with Crippen molar-refractivity contribution in [1.29, 1.82) is 0 Å². The first kappa shape index (κ1) is 19.0. The zero-order valence-electron chi connectivity index (χ0n) is 13.1. The summed E-state index contributed by atoms with van der Waals surface area (Å²) >= 11 is 0. The number of hydrogen-bond acceptors (Lipinski definition) is 5. The molecule has 0 radical (unpaired) electrons. The topological polar surface area (TPSA) is 110 Å². The monoisotopic (exact) mass is 343 g/mol. The maximum absolute atomic E-state index is 11.6. The first-order valence-corrected chi connectivity index (χ1v) is 8.93. The van der Waals surface area contributed by atoms with Crippen LogP contribution in [0, 0.1) is 5.92 Å². The molecule has 1 unspecified atom stereocenters.